The largest absolute Gasteiger partial charge is 0.452 e. The summed E-state index contributed by atoms with van der Waals surface area (Å²) < 4.78 is 23.5. The van der Waals surface area contributed by atoms with Gasteiger partial charge in [0.25, 0.3) is 0 Å². The number of hydrogen-bond acceptors (Lipinski definition) is 4. The molecule has 0 N–H and O–H groups in total. The molecule has 1 saturated heterocycles. The van der Waals surface area contributed by atoms with Crippen molar-refractivity contribution < 1.29 is 23.5 Å². The molecule has 94 valence electrons. The summed E-state index contributed by atoms with van der Waals surface area (Å²) in [7, 11) is 1.19. The molecule has 0 aliphatic carbocycles. The molecule has 0 saturated carbocycles. The molecule has 2 aliphatic rings. The van der Waals surface area contributed by atoms with Crippen LogP contribution in [0.25, 0.3) is 0 Å². The van der Waals surface area contributed by atoms with E-state index < -0.39 is 35.5 Å². The van der Waals surface area contributed by atoms with Gasteiger partial charge in [0.05, 0.1) is 12.5 Å². The van der Waals surface area contributed by atoms with Crippen LogP contribution in [0.1, 0.15) is 20.3 Å². The van der Waals surface area contributed by atoms with Gasteiger partial charge >= 0.3 is 12.1 Å². The van der Waals surface area contributed by atoms with E-state index in [4.69, 9.17) is 4.74 Å². The molecule has 1 amide bonds. The molecule has 0 unspecified atom stereocenters. The number of methoxy groups -OCH3 is 1. The first-order chi connectivity index (χ1) is 7.87. The van der Waals surface area contributed by atoms with Crippen LogP contribution in [0.3, 0.4) is 0 Å². The topological polar surface area (TPSA) is 55.8 Å². The minimum Gasteiger partial charge on any atom is -0.452 e. The van der Waals surface area contributed by atoms with E-state index in [0.29, 0.717) is 0 Å². The summed E-state index contributed by atoms with van der Waals surface area (Å²) in [5.41, 5.74) is -0.903. The molecule has 6 heteroatoms. The van der Waals surface area contributed by atoms with Gasteiger partial charge in [-0.3, -0.25) is 4.79 Å². The summed E-state index contributed by atoms with van der Waals surface area (Å²) in [6, 6.07) is 0. The standard InChI is InChI=1S/C11H14FNO4/c1-11(2)6-4-8(17-9(11)14)13(5-7(6)12)10(15)16-3/h5-6,8H,4H2,1-3H3/t6-,8+/m0/s1. The molecule has 1 fully saturated rings. The minimum atomic E-state index is -0.903. The zero-order chi connectivity index (χ0) is 12.8. The van der Waals surface area contributed by atoms with Crippen molar-refractivity contribution in [1.82, 2.24) is 4.90 Å². The van der Waals surface area contributed by atoms with Crippen LogP contribution in [0.4, 0.5) is 9.18 Å². The second kappa shape index (κ2) is 3.72. The first kappa shape index (κ1) is 11.9. The molecule has 2 bridgehead atoms. The lowest BCUT2D eigenvalue weighted by molar-refractivity contribution is -0.185. The van der Waals surface area contributed by atoms with Crippen LogP contribution < -0.4 is 0 Å². The normalized spacial score (nSPS) is 30.5. The number of esters is 1. The van der Waals surface area contributed by atoms with Crippen molar-refractivity contribution >= 4 is 12.1 Å². The zero-order valence-electron chi connectivity index (χ0n) is 9.90. The number of carbonyl (C=O) groups excluding carboxylic acids is 2. The Bertz CT molecular complexity index is 404. The molecule has 0 aromatic carbocycles. The van der Waals surface area contributed by atoms with Crippen LogP contribution in [0.15, 0.2) is 12.0 Å². The Morgan fingerprint density at radius 1 is 1.65 bits per heavy atom. The van der Waals surface area contributed by atoms with Gasteiger partial charge in [-0.05, 0) is 13.8 Å². The van der Waals surface area contributed by atoms with Crippen LogP contribution in [0, 0.1) is 11.3 Å². The number of carbonyl (C=O) groups is 2. The van der Waals surface area contributed by atoms with Crippen molar-refractivity contribution in [3.8, 4) is 0 Å². The highest BCUT2D eigenvalue weighted by Gasteiger charge is 2.51. The lowest BCUT2D eigenvalue weighted by Gasteiger charge is -2.45. The summed E-state index contributed by atoms with van der Waals surface area (Å²) in [6.45, 7) is 3.27. The Morgan fingerprint density at radius 3 is 2.88 bits per heavy atom. The Morgan fingerprint density at radius 2 is 2.29 bits per heavy atom. The molecule has 2 rings (SSSR count). The highest BCUT2D eigenvalue weighted by molar-refractivity contribution is 5.79. The molecular formula is C11H14FNO4. The second-order valence-electron chi connectivity index (χ2n) is 4.76. The van der Waals surface area contributed by atoms with Crippen molar-refractivity contribution in [2.75, 3.05) is 7.11 Å². The number of amides is 1. The van der Waals surface area contributed by atoms with Gasteiger partial charge in [0.2, 0.25) is 0 Å². The molecular weight excluding hydrogens is 229 g/mol. The average Bonchev–Trinajstić information content (AvgIpc) is 2.28. The number of rotatable bonds is 0. The molecule has 0 aromatic rings. The van der Waals surface area contributed by atoms with Gasteiger partial charge in [0.15, 0.2) is 6.23 Å². The van der Waals surface area contributed by atoms with Crippen LogP contribution in [0.2, 0.25) is 0 Å². The van der Waals surface area contributed by atoms with Crippen molar-refractivity contribution in [3.05, 3.63) is 12.0 Å². The smallest absolute Gasteiger partial charge is 0.416 e. The predicted octanol–water partition coefficient (Wildman–Crippen LogP) is 1.79. The Kier molecular flexibility index (Phi) is 2.60. The van der Waals surface area contributed by atoms with Crippen molar-refractivity contribution in [2.24, 2.45) is 11.3 Å². The molecule has 2 heterocycles. The van der Waals surface area contributed by atoms with E-state index in [2.05, 4.69) is 4.74 Å². The molecule has 0 spiro atoms. The van der Waals surface area contributed by atoms with Crippen LogP contribution in [-0.4, -0.2) is 30.3 Å². The van der Waals surface area contributed by atoms with Crippen LogP contribution in [0.5, 0.6) is 0 Å². The maximum Gasteiger partial charge on any atom is 0.416 e. The fourth-order valence-corrected chi connectivity index (χ4v) is 2.17. The Labute approximate surface area is 98.2 Å². The number of allylic oxidation sites excluding steroid dienone is 1. The molecule has 17 heavy (non-hydrogen) atoms. The SMILES string of the molecule is COC(=O)N1C=C(F)[C@@H]2C[C@H]1OC(=O)C2(C)C. The monoisotopic (exact) mass is 243 g/mol. The molecule has 0 radical (unpaired) electrons. The van der Waals surface area contributed by atoms with Gasteiger partial charge in [-0.2, -0.15) is 0 Å². The number of halogens is 1. The number of ether oxygens (including phenoxy) is 2. The first-order valence-electron chi connectivity index (χ1n) is 5.32. The third-order valence-electron chi connectivity index (χ3n) is 3.37. The van der Waals surface area contributed by atoms with Gasteiger partial charge in [-0.25, -0.2) is 14.1 Å². The molecule has 0 aromatic heterocycles. The van der Waals surface area contributed by atoms with E-state index in [1.807, 2.05) is 0 Å². The van der Waals surface area contributed by atoms with Crippen LogP contribution in [-0.2, 0) is 14.3 Å². The Balaban J connectivity index is 2.37. The first-order valence-corrected chi connectivity index (χ1v) is 5.32. The van der Waals surface area contributed by atoms with Crippen molar-refractivity contribution in [2.45, 2.75) is 26.5 Å². The van der Waals surface area contributed by atoms with E-state index in [1.54, 1.807) is 13.8 Å². The van der Waals surface area contributed by atoms with Crippen molar-refractivity contribution in [1.29, 1.82) is 0 Å². The van der Waals surface area contributed by atoms with Gasteiger partial charge in [-0.15, -0.1) is 0 Å². The number of nitrogens with zero attached hydrogens (tertiary/aromatic N) is 1. The summed E-state index contributed by atoms with van der Waals surface area (Å²) >= 11 is 0. The fraction of sp³-hybridized carbons (Fsp3) is 0.636. The van der Waals surface area contributed by atoms with E-state index >= 15 is 0 Å². The van der Waals surface area contributed by atoms with E-state index in [9.17, 15) is 14.0 Å². The quantitative estimate of drug-likeness (QED) is 0.609. The minimum absolute atomic E-state index is 0.260. The maximum atomic E-state index is 13.9. The average molecular weight is 243 g/mol. The van der Waals surface area contributed by atoms with Gasteiger partial charge in [-0.1, -0.05) is 0 Å². The third-order valence-corrected chi connectivity index (χ3v) is 3.37. The summed E-state index contributed by atoms with van der Waals surface area (Å²) in [6.07, 6.45) is -0.196. The van der Waals surface area contributed by atoms with Gasteiger partial charge in [0.1, 0.15) is 5.83 Å². The van der Waals surface area contributed by atoms with E-state index in [1.165, 1.54) is 7.11 Å². The lowest BCUT2D eigenvalue weighted by atomic mass is 9.73. The molecule has 5 nitrogen and oxygen atoms in total. The van der Waals surface area contributed by atoms with E-state index in [0.717, 1.165) is 11.1 Å². The zero-order valence-corrected chi connectivity index (χ0v) is 9.90. The van der Waals surface area contributed by atoms with E-state index in [-0.39, 0.29) is 6.42 Å². The predicted molar refractivity (Wildman–Crippen MR) is 55.2 cm³/mol. The lowest BCUT2D eigenvalue weighted by Crippen LogP contribution is -2.53. The van der Waals surface area contributed by atoms with Crippen molar-refractivity contribution in [3.63, 3.8) is 0 Å². The van der Waals surface area contributed by atoms with Gasteiger partial charge in [0, 0.05) is 18.5 Å². The summed E-state index contributed by atoms with van der Waals surface area (Å²) in [5.74, 6) is -1.54. The molecule has 2 atom stereocenters. The fourth-order valence-electron chi connectivity index (χ4n) is 2.17. The molecule has 2 aliphatic heterocycles. The Hall–Kier alpha value is -1.59. The summed E-state index contributed by atoms with van der Waals surface area (Å²) in [4.78, 5) is 24.1. The maximum absolute atomic E-state index is 13.9. The highest BCUT2D eigenvalue weighted by Crippen LogP contribution is 2.45. The van der Waals surface area contributed by atoms with Gasteiger partial charge < -0.3 is 9.47 Å². The number of hydrogen-bond donors (Lipinski definition) is 0. The second-order valence-corrected chi connectivity index (χ2v) is 4.76. The highest BCUT2D eigenvalue weighted by atomic mass is 19.1. The van der Waals surface area contributed by atoms with Crippen LogP contribution >= 0.6 is 0 Å². The summed E-state index contributed by atoms with van der Waals surface area (Å²) in [5, 5.41) is 0. The third kappa shape index (κ3) is 1.67. The number of fused-ring (bicyclic) bond motifs is 2.